The highest BCUT2D eigenvalue weighted by molar-refractivity contribution is 6.31. The highest BCUT2D eigenvalue weighted by Crippen LogP contribution is 2.39. The minimum atomic E-state index is 0.104. The molecule has 2 N–H and O–H groups in total. The molecule has 0 spiro atoms. The Bertz CT molecular complexity index is 436. The van der Waals surface area contributed by atoms with Crippen molar-refractivity contribution >= 4 is 17.5 Å². The van der Waals surface area contributed by atoms with E-state index in [1.807, 2.05) is 29.2 Å². The summed E-state index contributed by atoms with van der Waals surface area (Å²) in [5.41, 5.74) is 6.66. The summed E-state index contributed by atoms with van der Waals surface area (Å²) in [4.78, 5) is 13.7. The summed E-state index contributed by atoms with van der Waals surface area (Å²) >= 11 is 6.24. The molecular formula is C14H19ClN2O. The molecule has 1 aliphatic rings. The van der Waals surface area contributed by atoms with Crippen LogP contribution in [-0.4, -0.2) is 23.9 Å². The summed E-state index contributed by atoms with van der Waals surface area (Å²) < 4.78 is 0. The van der Waals surface area contributed by atoms with Crippen LogP contribution in [0.25, 0.3) is 0 Å². The maximum absolute atomic E-state index is 11.7. The molecule has 1 saturated heterocycles. The predicted molar refractivity (Wildman–Crippen MR) is 73.4 cm³/mol. The summed E-state index contributed by atoms with van der Waals surface area (Å²) in [6.45, 7) is 3.09. The van der Waals surface area contributed by atoms with Crippen LogP contribution in [0.2, 0.25) is 5.02 Å². The van der Waals surface area contributed by atoms with Crippen molar-refractivity contribution in [3.8, 4) is 0 Å². The van der Waals surface area contributed by atoms with E-state index in [2.05, 4.69) is 0 Å². The topological polar surface area (TPSA) is 46.3 Å². The van der Waals surface area contributed by atoms with Crippen LogP contribution in [0.1, 0.15) is 31.4 Å². The fourth-order valence-corrected chi connectivity index (χ4v) is 3.02. The smallest absolute Gasteiger partial charge is 0.219 e. The van der Waals surface area contributed by atoms with Crippen LogP contribution < -0.4 is 5.73 Å². The van der Waals surface area contributed by atoms with Crippen molar-refractivity contribution in [2.24, 2.45) is 11.7 Å². The molecule has 3 nitrogen and oxygen atoms in total. The lowest BCUT2D eigenvalue weighted by Gasteiger charge is -2.24. The minimum absolute atomic E-state index is 0.104. The SMILES string of the molecule is CC(=O)N1CC(CCN)CC1c1ccccc1Cl. The van der Waals surface area contributed by atoms with Crippen molar-refractivity contribution in [3.63, 3.8) is 0 Å². The molecule has 2 unspecified atom stereocenters. The maximum atomic E-state index is 11.7. The molecule has 18 heavy (non-hydrogen) atoms. The molecule has 1 heterocycles. The first-order valence-electron chi connectivity index (χ1n) is 6.35. The number of amides is 1. The molecule has 1 aromatic rings. The first-order valence-corrected chi connectivity index (χ1v) is 6.73. The van der Waals surface area contributed by atoms with Crippen molar-refractivity contribution in [1.29, 1.82) is 0 Å². The Morgan fingerprint density at radius 3 is 2.83 bits per heavy atom. The van der Waals surface area contributed by atoms with Gasteiger partial charge in [0.1, 0.15) is 0 Å². The number of nitrogens with two attached hydrogens (primary N) is 1. The molecule has 0 bridgehead atoms. The number of benzene rings is 1. The standard InChI is InChI=1S/C14H19ClN2O/c1-10(18)17-9-11(6-7-16)8-14(17)12-4-2-3-5-13(12)15/h2-5,11,14H,6-9,16H2,1H3. The number of carbonyl (C=O) groups is 1. The lowest BCUT2D eigenvalue weighted by molar-refractivity contribution is -0.129. The van der Waals surface area contributed by atoms with Gasteiger partial charge in [0.05, 0.1) is 6.04 Å². The summed E-state index contributed by atoms with van der Waals surface area (Å²) in [6, 6.07) is 7.87. The van der Waals surface area contributed by atoms with Crippen LogP contribution in [0, 0.1) is 5.92 Å². The number of hydrogen-bond donors (Lipinski definition) is 1. The Morgan fingerprint density at radius 2 is 2.22 bits per heavy atom. The van der Waals surface area contributed by atoms with Gasteiger partial charge in [0.15, 0.2) is 0 Å². The van der Waals surface area contributed by atoms with E-state index in [4.69, 9.17) is 17.3 Å². The summed E-state index contributed by atoms with van der Waals surface area (Å²) in [7, 11) is 0. The quantitative estimate of drug-likeness (QED) is 0.914. The van der Waals surface area contributed by atoms with Crippen molar-refractivity contribution in [3.05, 3.63) is 34.9 Å². The molecule has 0 aromatic heterocycles. The third-order valence-electron chi connectivity index (χ3n) is 3.63. The van der Waals surface area contributed by atoms with Gasteiger partial charge < -0.3 is 10.6 Å². The molecule has 2 rings (SSSR count). The normalized spacial score (nSPS) is 23.4. The monoisotopic (exact) mass is 266 g/mol. The molecule has 1 amide bonds. The zero-order valence-corrected chi connectivity index (χ0v) is 11.4. The molecule has 2 atom stereocenters. The molecule has 1 aliphatic heterocycles. The largest absolute Gasteiger partial charge is 0.336 e. The fourth-order valence-electron chi connectivity index (χ4n) is 2.76. The van der Waals surface area contributed by atoms with E-state index < -0.39 is 0 Å². The van der Waals surface area contributed by atoms with Gasteiger partial charge in [0, 0.05) is 18.5 Å². The van der Waals surface area contributed by atoms with Crippen LogP contribution in [0.3, 0.4) is 0 Å². The van der Waals surface area contributed by atoms with Gasteiger partial charge in [-0.2, -0.15) is 0 Å². The molecule has 0 radical (unpaired) electrons. The molecular weight excluding hydrogens is 248 g/mol. The van der Waals surface area contributed by atoms with Crippen LogP contribution in [0.4, 0.5) is 0 Å². The van der Waals surface area contributed by atoms with Crippen LogP contribution >= 0.6 is 11.6 Å². The first-order chi connectivity index (χ1) is 8.63. The second-order valence-corrected chi connectivity index (χ2v) is 5.29. The second kappa shape index (κ2) is 5.72. The molecule has 98 valence electrons. The van der Waals surface area contributed by atoms with Crippen molar-refractivity contribution in [2.45, 2.75) is 25.8 Å². The number of nitrogens with zero attached hydrogens (tertiary/aromatic N) is 1. The predicted octanol–water partition coefficient (Wildman–Crippen LogP) is 2.60. The number of carbonyl (C=O) groups excluding carboxylic acids is 1. The molecule has 0 saturated carbocycles. The van der Waals surface area contributed by atoms with Gasteiger partial charge in [0.25, 0.3) is 0 Å². The van der Waals surface area contributed by atoms with Crippen molar-refractivity contribution < 1.29 is 4.79 Å². The van der Waals surface area contributed by atoms with Crippen molar-refractivity contribution in [1.82, 2.24) is 4.90 Å². The van der Waals surface area contributed by atoms with Gasteiger partial charge in [-0.05, 0) is 36.9 Å². The van der Waals surface area contributed by atoms with Crippen LogP contribution in [0.15, 0.2) is 24.3 Å². The molecule has 1 aromatic carbocycles. The van der Waals surface area contributed by atoms with E-state index in [-0.39, 0.29) is 11.9 Å². The zero-order chi connectivity index (χ0) is 13.1. The average molecular weight is 267 g/mol. The number of hydrogen-bond acceptors (Lipinski definition) is 2. The van der Waals surface area contributed by atoms with E-state index in [9.17, 15) is 4.79 Å². The molecule has 1 fully saturated rings. The first kappa shape index (κ1) is 13.4. The maximum Gasteiger partial charge on any atom is 0.219 e. The Hall–Kier alpha value is -1.06. The zero-order valence-electron chi connectivity index (χ0n) is 10.6. The Labute approximate surface area is 113 Å². The number of likely N-dealkylation sites (tertiary alicyclic amines) is 1. The summed E-state index contributed by atoms with van der Waals surface area (Å²) in [5, 5.41) is 0.738. The van der Waals surface area contributed by atoms with E-state index >= 15 is 0 Å². The Morgan fingerprint density at radius 1 is 1.50 bits per heavy atom. The van der Waals surface area contributed by atoms with Gasteiger partial charge in [-0.15, -0.1) is 0 Å². The van der Waals surface area contributed by atoms with Crippen molar-refractivity contribution in [2.75, 3.05) is 13.1 Å². The third kappa shape index (κ3) is 2.68. The van der Waals surface area contributed by atoms with Gasteiger partial charge in [-0.3, -0.25) is 4.79 Å². The van der Waals surface area contributed by atoms with Gasteiger partial charge >= 0.3 is 0 Å². The van der Waals surface area contributed by atoms with E-state index in [0.717, 1.165) is 30.0 Å². The summed E-state index contributed by atoms with van der Waals surface area (Å²) in [6.07, 6.45) is 1.92. The van der Waals surface area contributed by atoms with Gasteiger partial charge in [-0.25, -0.2) is 0 Å². The van der Waals surface area contributed by atoms with Crippen LogP contribution in [-0.2, 0) is 4.79 Å². The minimum Gasteiger partial charge on any atom is -0.336 e. The second-order valence-electron chi connectivity index (χ2n) is 4.89. The Kier molecular flexibility index (Phi) is 4.25. The Balaban J connectivity index is 2.25. The van der Waals surface area contributed by atoms with E-state index in [0.29, 0.717) is 12.5 Å². The molecule has 4 heteroatoms. The highest BCUT2D eigenvalue weighted by atomic mass is 35.5. The van der Waals surface area contributed by atoms with Crippen LogP contribution in [0.5, 0.6) is 0 Å². The van der Waals surface area contributed by atoms with E-state index in [1.54, 1.807) is 6.92 Å². The lowest BCUT2D eigenvalue weighted by Crippen LogP contribution is -2.29. The average Bonchev–Trinajstić information content (AvgIpc) is 2.74. The molecule has 0 aliphatic carbocycles. The van der Waals surface area contributed by atoms with Gasteiger partial charge in [-0.1, -0.05) is 29.8 Å². The van der Waals surface area contributed by atoms with Gasteiger partial charge in [0.2, 0.25) is 5.91 Å². The lowest BCUT2D eigenvalue weighted by atomic mass is 9.97. The van der Waals surface area contributed by atoms with E-state index in [1.165, 1.54) is 0 Å². The summed E-state index contributed by atoms with van der Waals surface area (Å²) in [5.74, 6) is 0.597. The third-order valence-corrected chi connectivity index (χ3v) is 3.98. The number of rotatable bonds is 3. The highest BCUT2D eigenvalue weighted by Gasteiger charge is 2.34. The number of halogens is 1. The fraction of sp³-hybridized carbons (Fsp3) is 0.500.